The summed E-state index contributed by atoms with van der Waals surface area (Å²) in [6.07, 6.45) is 1.08. The number of hydrogen-bond acceptors (Lipinski definition) is 2. The summed E-state index contributed by atoms with van der Waals surface area (Å²) in [6, 6.07) is 6.05. The minimum absolute atomic E-state index is 0.650. The van der Waals surface area contributed by atoms with Crippen LogP contribution in [0.4, 0.5) is 0 Å². The van der Waals surface area contributed by atoms with Gasteiger partial charge in [0.05, 0.1) is 16.4 Å². The summed E-state index contributed by atoms with van der Waals surface area (Å²) in [6.45, 7) is 6.79. The number of aliphatic hydroxyl groups is 1. The summed E-state index contributed by atoms with van der Waals surface area (Å²) in [5.74, 6) is 0. The van der Waals surface area contributed by atoms with E-state index >= 15 is 0 Å². The Hall–Kier alpha value is -1.13. The van der Waals surface area contributed by atoms with Crippen molar-refractivity contribution in [3.8, 4) is 0 Å². The molecule has 1 aromatic heterocycles. The van der Waals surface area contributed by atoms with Gasteiger partial charge in [0.15, 0.2) is 0 Å². The maximum absolute atomic E-state index is 10.6. The van der Waals surface area contributed by atoms with Gasteiger partial charge in [-0.05, 0) is 53.4 Å². The number of aromatic nitrogens is 2. The molecule has 0 aliphatic rings. The Balaban J connectivity index is 2.54. The van der Waals surface area contributed by atoms with Crippen molar-refractivity contribution >= 4 is 15.9 Å². The number of nitrogens with zero attached hydrogens (tertiary/aromatic N) is 2. The van der Waals surface area contributed by atoms with Gasteiger partial charge in [0.1, 0.15) is 6.10 Å². The van der Waals surface area contributed by atoms with E-state index in [9.17, 15) is 5.11 Å². The zero-order valence-corrected chi connectivity index (χ0v) is 12.4. The topological polar surface area (TPSA) is 38.0 Å². The molecule has 1 heterocycles. The lowest BCUT2D eigenvalue weighted by molar-refractivity contribution is 0.205. The highest BCUT2D eigenvalue weighted by Gasteiger charge is 2.21. The smallest absolute Gasteiger partial charge is 0.122 e. The molecule has 0 aliphatic carbocycles. The molecule has 4 heteroatoms. The van der Waals surface area contributed by atoms with E-state index in [1.807, 2.05) is 43.7 Å². The molecule has 0 saturated heterocycles. The number of hydrogen-bond donors (Lipinski definition) is 1. The zero-order valence-electron chi connectivity index (χ0n) is 10.8. The van der Waals surface area contributed by atoms with Crippen molar-refractivity contribution in [2.24, 2.45) is 0 Å². The number of rotatable bonds is 3. The summed E-state index contributed by atoms with van der Waals surface area (Å²) in [4.78, 5) is 0. The zero-order chi connectivity index (χ0) is 13.3. The van der Waals surface area contributed by atoms with Crippen LogP contribution in [0, 0.1) is 13.8 Å². The molecule has 1 atom stereocenters. The Morgan fingerprint density at radius 3 is 2.50 bits per heavy atom. The van der Waals surface area contributed by atoms with Crippen LogP contribution in [-0.2, 0) is 6.54 Å². The first-order valence-corrected chi connectivity index (χ1v) is 6.81. The number of halogens is 1. The normalized spacial score (nSPS) is 12.7. The van der Waals surface area contributed by atoms with Crippen LogP contribution in [0.25, 0.3) is 0 Å². The molecule has 0 fully saturated rings. The van der Waals surface area contributed by atoms with Crippen molar-refractivity contribution < 1.29 is 5.11 Å². The van der Waals surface area contributed by atoms with Gasteiger partial charge >= 0.3 is 0 Å². The van der Waals surface area contributed by atoms with Crippen molar-refractivity contribution in [1.29, 1.82) is 0 Å². The van der Waals surface area contributed by atoms with Crippen molar-refractivity contribution in [3.63, 3.8) is 0 Å². The molecular formula is C14H17BrN2O. The van der Waals surface area contributed by atoms with Crippen LogP contribution in [0.1, 0.15) is 35.4 Å². The summed E-state index contributed by atoms with van der Waals surface area (Å²) in [7, 11) is 0. The molecule has 96 valence electrons. The average molecular weight is 309 g/mol. The summed E-state index contributed by atoms with van der Waals surface area (Å²) < 4.78 is 2.67. The van der Waals surface area contributed by atoms with E-state index in [0.29, 0.717) is 0 Å². The van der Waals surface area contributed by atoms with Crippen LogP contribution in [0.5, 0.6) is 0 Å². The summed E-state index contributed by atoms with van der Waals surface area (Å²) in [5.41, 5.74) is 3.97. The van der Waals surface area contributed by atoms with Crippen molar-refractivity contribution in [3.05, 3.63) is 51.3 Å². The largest absolute Gasteiger partial charge is 0.382 e. The molecule has 0 saturated carbocycles. The number of aryl methyl sites for hydroxylation is 3. The molecule has 2 aromatic rings. The second-order valence-electron chi connectivity index (χ2n) is 4.40. The van der Waals surface area contributed by atoms with Gasteiger partial charge in [-0.25, -0.2) is 0 Å². The third kappa shape index (κ3) is 2.22. The Bertz CT molecular complexity index is 543. The van der Waals surface area contributed by atoms with Crippen LogP contribution in [0.2, 0.25) is 0 Å². The third-order valence-electron chi connectivity index (χ3n) is 3.21. The SMILES string of the molecule is CCn1ncc(Br)c1C(O)c1c(C)cccc1C. The van der Waals surface area contributed by atoms with E-state index in [1.165, 1.54) is 0 Å². The summed E-state index contributed by atoms with van der Waals surface area (Å²) >= 11 is 3.46. The molecule has 1 aromatic carbocycles. The molecule has 0 aliphatic heterocycles. The maximum atomic E-state index is 10.6. The Morgan fingerprint density at radius 1 is 1.33 bits per heavy atom. The summed E-state index contributed by atoms with van der Waals surface area (Å²) in [5, 5.41) is 14.9. The van der Waals surface area contributed by atoms with Crippen LogP contribution < -0.4 is 0 Å². The number of benzene rings is 1. The molecule has 0 bridgehead atoms. The molecule has 1 N–H and O–H groups in total. The van der Waals surface area contributed by atoms with Crippen LogP contribution in [0.15, 0.2) is 28.9 Å². The first-order valence-electron chi connectivity index (χ1n) is 6.01. The van der Waals surface area contributed by atoms with Crippen LogP contribution >= 0.6 is 15.9 Å². The van der Waals surface area contributed by atoms with Crippen LogP contribution in [0.3, 0.4) is 0 Å². The van der Waals surface area contributed by atoms with E-state index in [0.717, 1.165) is 33.4 Å². The number of aliphatic hydroxyl groups excluding tert-OH is 1. The van der Waals surface area contributed by atoms with E-state index in [4.69, 9.17) is 0 Å². The van der Waals surface area contributed by atoms with Crippen molar-refractivity contribution in [2.75, 3.05) is 0 Å². The molecule has 0 amide bonds. The van der Waals surface area contributed by atoms with Gasteiger partial charge in [0.2, 0.25) is 0 Å². The lowest BCUT2D eigenvalue weighted by Crippen LogP contribution is -2.12. The van der Waals surface area contributed by atoms with E-state index in [-0.39, 0.29) is 0 Å². The molecule has 2 rings (SSSR count). The van der Waals surface area contributed by atoms with Crippen molar-refractivity contribution in [2.45, 2.75) is 33.4 Å². The highest BCUT2D eigenvalue weighted by Crippen LogP contribution is 2.32. The van der Waals surface area contributed by atoms with Gasteiger partial charge in [-0.15, -0.1) is 0 Å². The van der Waals surface area contributed by atoms with E-state index < -0.39 is 6.10 Å². The second kappa shape index (κ2) is 5.24. The fourth-order valence-corrected chi connectivity index (χ4v) is 2.80. The monoisotopic (exact) mass is 308 g/mol. The minimum Gasteiger partial charge on any atom is -0.382 e. The first-order chi connectivity index (χ1) is 8.56. The van der Waals surface area contributed by atoms with E-state index in [1.54, 1.807) is 6.20 Å². The average Bonchev–Trinajstić information content (AvgIpc) is 2.70. The predicted octanol–water partition coefficient (Wildman–Crippen LogP) is 3.36. The predicted molar refractivity (Wildman–Crippen MR) is 75.6 cm³/mol. The Morgan fingerprint density at radius 2 is 1.94 bits per heavy atom. The lowest BCUT2D eigenvalue weighted by Gasteiger charge is -2.18. The van der Waals surface area contributed by atoms with Crippen molar-refractivity contribution in [1.82, 2.24) is 9.78 Å². The molecule has 1 unspecified atom stereocenters. The minimum atomic E-state index is -0.650. The fourth-order valence-electron chi connectivity index (χ4n) is 2.29. The molecule has 0 spiro atoms. The highest BCUT2D eigenvalue weighted by atomic mass is 79.9. The third-order valence-corrected chi connectivity index (χ3v) is 3.82. The van der Waals surface area contributed by atoms with Gasteiger partial charge in [-0.1, -0.05) is 18.2 Å². The first kappa shape index (κ1) is 13.3. The van der Waals surface area contributed by atoms with Gasteiger partial charge in [0, 0.05) is 6.54 Å². The Labute approximate surface area is 116 Å². The molecular weight excluding hydrogens is 292 g/mol. The molecule has 3 nitrogen and oxygen atoms in total. The highest BCUT2D eigenvalue weighted by molar-refractivity contribution is 9.10. The fraction of sp³-hybridized carbons (Fsp3) is 0.357. The van der Waals surface area contributed by atoms with Gasteiger partial charge in [-0.2, -0.15) is 5.10 Å². The second-order valence-corrected chi connectivity index (χ2v) is 5.26. The molecule has 18 heavy (non-hydrogen) atoms. The standard InChI is InChI=1S/C14H17BrN2O/c1-4-17-13(11(15)8-16-17)14(18)12-9(2)6-5-7-10(12)3/h5-8,14,18H,4H2,1-3H3. The van der Waals surface area contributed by atoms with E-state index in [2.05, 4.69) is 21.0 Å². The van der Waals surface area contributed by atoms with Gasteiger partial charge in [0.25, 0.3) is 0 Å². The lowest BCUT2D eigenvalue weighted by atomic mass is 9.96. The Kier molecular flexibility index (Phi) is 3.88. The molecule has 0 radical (unpaired) electrons. The quantitative estimate of drug-likeness (QED) is 0.944. The maximum Gasteiger partial charge on any atom is 0.122 e. The van der Waals surface area contributed by atoms with Gasteiger partial charge < -0.3 is 5.11 Å². The van der Waals surface area contributed by atoms with Crippen LogP contribution in [-0.4, -0.2) is 14.9 Å². The van der Waals surface area contributed by atoms with Gasteiger partial charge in [-0.3, -0.25) is 4.68 Å².